The molecule has 0 aromatic heterocycles. The maximum Gasteiger partial charge on any atom is 0.123 e. The highest BCUT2D eigenvalue weighted by atomic mass is 16.5. The summed E-state index contributed by atoms with van der Waals surface area (Å²) in [4.78, 5) is 4.56. The quantitative estimate of drug-likeness (QED) is 0.793. The summed E-state index contributed by atoms with van der Waals surface area (Å²) in [5.41, 5.74) is 0.949. The number of hydrogen-bond acceptors (Lipinski definition) is 4. The molecule has 0 aliphatic carbocycles. The van der Waals surface area contributed by atoms with E-state index in [0.717, 1.165) is 31.7 Å². The van der Waals surface area contributed by atoms with E-state index in [0.29, 0.717) is 17.4 Å². The normalized spacial score (nSPS) is 11.6. The van der Waals surface area contributed by atoms with Gasteiger partial charge in [-0.15, -0.1) is 0 Å². The Morgan fingerprint density at radius 3 is 2.40 bits per heavy atom. The highest BCUT2D eigenvalue weighted by Gasteiger charge is 2.11. The van der Waals surface area contributed by atoms with Gasteiger partial charge in [0.05, 0.1) is 7.11 Å². The van der Waals surface area contributed by atoms with Crippen LogP contribution in [0.5, 0.6) is 11.5 Å². The van der Waals surface area contributed by atoms with Crippen LogP contribution in [0.25, 0.3) is 0 Å². The predicted octanol–water partition coefficient (Wildman–Crippen LogP) is 2.42. The Morgan fingerprint density at radius 2 is 1.90 bits per heavy atom. The maximum atomic E-state index is 10.1. The van der Waals surface area contributed by atoms with Gasteiger partial charge in [-0.1, -0.05) is 19.9 Å². The van der Waals surface area contributed by atoms with Gasteiger partial charge in [0.1, 0.15) is 11.5 Å². The second-order valence-corrected chi connectivity index (χ2v) is 5.93. The summed E-state index contributed by atoms with van der Waals surface area (Å²) in [6.07, 6.45) is 0. The molecule has 0 heterocycles. The average molecular weight is 280 g/mol. The number of nitrogens with zero attached hydrogens (tertiary/aromatic N) is 2. The fourth-order valence-electron chi connectivity index (χ4n) is 2.14. The summed E-state index contributed by atoms with van der Waals surface area (Å²) in [7, 11) is 5.77. The van der Waals surface area contributed by atoms with Crippen molar-refractivity contribution in [3.63, 3.8) is 0 Å². The lowest BCUT2D eigenvalue weighted by molar-refractivity contribution is 0.209. The van der Waals surface area contributed by atoms with Crippen molar-refractivity contribution in [3.05, 3.63) is 23.8 Å². The number of hydrogen-bond donors (Lipinski definition) is 1. The first-order chi connectivity index (χ1) is 9.42. The molecule has 1 N–H and O–H groups in total. The van der Waals surface area contributed by atoms with E-state index in [-0.39, 0.29) is 0 Å². The van der Waals surface area contributed by atoms with Gasteiger partial charge in [0.2, 0.25) is 0 Å². The first-order valence-corrected chi connectivity index (χ1v) is 7.15. The molecule has 0 saturated heterocycles. The highest BCUT2D eigenvalue weighted by Crippen LogP contribution is 2.24. The molecular formula is C16H28N2O2. The van der Waals surface area contributed by atoms with Gasteiger partial charge in [-0.3, -0.25) is 4.90 Å². The Morgan fingerprint density at radius 1 is 1.20 bits per heavy atom. The number of phenols is 1. The van der Waals surface area contributed by atoms with Crippen LogP contribution in [0.1, 0.15) is 19.4 Å². The van der Waals surface area contributed by atoms with E-state index in [4.69, 9.17) is 4.74 Å². The second kappa shape index (κ2) is 8.12. The van der Waals surface area contributed by atoms with Gasteiger partial charge in [0, 0.05) is 37.8 Å². The lowest BCUT2D eigenvalue weighted by Crippen LogP contribution is -2.34. The average Bonchev–Trinajstić information content (AvgIpc) is 2.37. The van der Waals surface area contributed by atoms with Crippen molar-refractivity contribution in [2.45, 2.75) is 20.4 Å². The smallest absolute Gasteiger partial charge is 0.123 e. The molecule has 20 heavy (non-hydrogen) atoms. The van der Waals surface area contributed by atoms with Crippen LogP contribution in [0.2, 0.25) is 0 Å². The van der Waals surface area contributed by atoms with Crippen LogP contribution in [-0.4, -0.2) is 55.7 Å². The van der Waals surface area contributed by atoms with Crippen LogP contribution < -0.4 is 4.74 Å². The fraction of sp³-hybridized carbons (Fsp3) is 0.625. The number of likely N-dealkylation sites (N-methyl/N-ethyl adjacent to an activating group) is 1. The largest absolute Gasteiger partial charge is 0.507 e. The number of aromatic hydroxyl groups is 1. The molecule has 4 heteroatoms. The number of ether oxygens (including phenoxy) is 1. The molecule has 0 aliphatic rings. The van der Waals surface area contributed by atoms with Gasteiger partial charge >= 0.3 is 0 Å². The minimum absolute atomic E-state index is 0.308. The van der Waals surface area contributed by atoms with Crippen molar-refractivity contribution < 1.29 is 9.84 Å². The van der Waals surface area contributed by atoms with Crippen LogP contribution in [0, 0.1) is 5.92 Å². The van der Waals surface area contributed by atoms with Crippen molar-refractivity contribution in [1.82, 2.24) is 9.80 Å². The number of phenolic OH excluding ortho intramolecular Hbond substituents is 1. The van der Waals surface area contributed by atoms with E-state index >= 15 is 0 Å². The van der Waals surface area contributed by atoms with Gasteiger partial charge < -0.3 is 14.7 Å². The standard InChI is InChI=1S/C16H28N2O2/c1-13(2)11-18(9-8-17(3)4)12-14-6-7-15(20-5)10-16(14)19/h6-7,10,13,19H,8-9,11-12H2,1-5H3. The molecule has 0 aliphatic heterocycles. The highest BCUT2D eigenvalue weighted by molar-refractivity contribution is 5.39. The molecule has 0 saturated carbocycles. The topological polar surface area (TPSA) is 35.9 Å². The van der Waals surface area contributed by atoms with E-state index in [9.17, 15) is 5.11 Å². The number of methoxy groups -OCH3 is 1. The molecule has 1 aromatic carbocycles. The summed E-state index contributed by atoms with van der Waals surface area (Å²) in [5.74, 6) is 1.61. The maximum absolute atomic E-state index is 10.1. The van der Waals surface area contributed by atoms with Gasteiger partial charge in [-0.2, -0.15) is 0 Å². The minimum atomic E-state index is 0.308. The van der Waals surface area contributed by atoms with E-state index < -0.39 is 0 Å². The van der Waals surface area contributed by atoms with Crippen LogP contribution in [0.3, 0.4) is 0 Å². The Hall–Kier alpha value is -1.26. The molecule has 0 fully saturated rings. The molecule has 114 valence electrons. The van der Waals surface area contributed by atoms with E-state index in [1.807, 2.05) is 12.1 Å². The molecular weight excluding hydrogens is 252 g/mol. The molecule has 0 radical (unpaired) electrons. The van der Waals surface area contributed by atoms with Crippen molar-refractivity contribution >= 4 is 0 Å². The monoisotopic (exact) mass is 280 g/mol. The minimum Gasteiger partial charge on any atom is -0.507 e. The zero-order valence-electron chi connectivity index (χ0n) is 13.4. The van der Waals surface area contributed by atoms with Crippen molar-refractivity contribution in [2.75, 3.05) is 40.8 Å². The zero-order valence-corrected chi connectivity index (χ0v) is 13.4. The van der Waals surface area contributed by atoms with Crippen LogP contribution in [0.15, 0.2) is 18.2 Å². The third kappa shape index (κ3) is 5.80. The van der Waals surface area contributed by atoms with Crippen LogP contribution in [0.4, 0.5) is 0 Å². The number of rotatable bonds is 8. The third-order valence-electron chi connectivity index (χ3n) is 3.17. The van der Waals surface area contributed by atoms with E-state index in [1.165, 1.54) is 0 Å². The van der Waals surface area contributed by atoms with Gasteiger partial charge in [-0.05, 0) is 26.1 Å². The third-order valence-corrected chi connectivity index (χ3v) is 3.17. The number of benzene rings is 1. The van der Waals surface area contributed by atoms with Crippen molar-refractivity contribution in [3.8, 4) is 11.5 Å². The molecule has 0 bridgehead atoms. The van der Waals surface area contributed by atoms with Gasteiger partial charge in [-0.25, -0.2) is 0 Å². The Kier molecular flexibility index (Phi) is 6.82. The summed E-state index contributed by atoms with van der Waals surface area (Å²) < 4.78 is 5.12. The van der Waals surface area contributed by atoms with Crippen molar-refractivity contribution in [1.29, 1.82) is 0 Å². The van der Waals surface area contributed by atoms with Crippen LogP contribution >= 0.6 is 0 Å². The predicted molar refractivity (Wildman–Crippen MR) is 83.3 cm³/mol. The zero-order chi connectivity index (χ0) is 15.1. The summed E-state index contributed by atoms with van der Waals surface area (Å²) in [6, 6.07) is 5.51. The van der Waals surface area contributed by atoms with Crippen LogP contribution in [-0.2, 0) is 6.54 Å². The van der Waals surface area contributed by atoms with E-state index in [2.05, 4.69) is 37.7 Å². The molecule has 1 aromatic rings. The summed E-state index contributed by atoms with van der Waals surface area (Å²) >= 11 is 0. The van der Waals surface area contributed by atoms with E-state index in [1.54, 1.807) is 13.2 Å². The Balaban J connectivity index is 2.72. The summed E-state index contributed by atoms with van der Waals surface area (Å²) in [6.45, 7) is 8.24. The first-order valence-electron chi connectivity index (χ1n) is 7.15. The molecule has 4 nitrogen and oxygen atoms in total. The Bertz CT molecular complexity index is 405. The second-order valence-electron chi connectivity index (χ2n) is 5.93. The molecule has 0 amide bonds. The molecule has 1 rings (SSSR count). The van der Waals surface area contributed by atoms with Gasteiger partial charge in [0.15, 0.2) is 0 Å². The first kappa shape index (κ1) is 16.8. The molecule has 0 unspecified atom stereocenters. The lowest BCUT2D eigenvalue weighted by atomic mass is 10.1. The van der Waals surface area contributed by atoms with Crippen molar-refractivity contribution in [2.24, 2.45) is 5.92 Å². The SMILES string of the molecule is COc1ccc(CN(CCN(C)C)CC(C)C)c(O)c1. The molecule has 0 atom stereocenters. The molecule has 0 spiro atoms. The van der Waals surface area contributed by atoms with Gasteiger partial charge in [0.25, 0.3) is 0 Å². The lowest BCUT2D eigenvalue weighted by Gasteiger charge is -2.26. The fourth-order valence-corrected chi connectivity index (χ4v) is 2.14. The summed E-state index contributed by atoms with van der Waals surface area (Å²) in [5, 5.41) is 10.1. The Labute approximate surface area is 123 Å².